The number of carbonyl (C=O) groups excluding carboxylic acids is 2. The van der Waals surface area contributed by atoms with E-state index in [0.29, 0.717) is 13.1 Å². The molecule has 0 bridgehead atoms. The van der Waals surface area contributed by atoms with Crippen LogP contribution in [0.25, 0.3) is 0 Å². The number of primary amides is 1. The average molecular weight is 321 g/mol. The van der Waals surface area contributed by atoms with E-state index in [1.807, 2.05) is 16.7 Å². The first kappa shape index (κ1) is 15.5. The number of nitrogens with two attached hydrogens (primary N) is 1. The Bertz CT molecular complexity index is 586. The second-order valence-corrected chi connectivity index (χ2v) is 7.45. The first-order chi connectivity index (χ1) is 10.5. The molecule has 120 valence electrons. The molecule has 1 saturated heterocycles. The fraction of sp³-hybridized carbons (Fsp3) is 0.625. The Hall–Kier alpha value is -1.40. The van der Waals surface area contributed by atoms with E-state index in [0.717, 1.165) is 38.8 Å². The Balaban J connectivity index is 1.67. The largest absolute Gasteiger partial charge is 0.368 e. The van der Waals surface area contributed by atoms with Crippen LogP contribution in [0.4, 0.5) is 0 Å². The number of hydrogen-bond acceptors (Lipinski definition) is 4. The highest BCUT2D eigenvalue weighted by molar-refractivity contribution is 7.10. The van der Waals surface area contributed by atoms with Crippen molar-refractivity contribution in [2.45, 2.75) is 44.7 Å². The second-order valence-electron chi connectivity index (χ2n) is 6.45. The molecule has 6 heteroatoms. The molecule has 0 radical (unpaired) electrons. The van der Waals surface area contributed by atoms with Gasteiger partial charge in [-0.15, -0.1) is 11.3 Å². The molecule has 3 rings (SSSR count). The van der Waals surface area contributed by atoms with Crippen LogP contribution in [-0.2, 0) is 22.6 Å². The maximum absolute atomic E-state index is 12.6. The molecule has 0 saturated carbocycles. The van der Waals surface area contributed by atoms with Gasteiger partial charge in [-0.2, -0.15) is 0 Å². The van der Waals surface area contributed by atoms with Gasteiger partial charge < -0.3 is 10.6 Å². The quantitative estimate of drug-likeness (QED) is 0.914. The van der Waals surface area contributed by atoms with Gasteiger partial charge in [-0.3, -0.25) is 14.5 Å². The molecule has 1 aromatic heterocycles. The Kier molecular flexibility index (Phi) is 4.23. The summed E-state index contributed by atoms with van der Waals surface area (Å²) in [6, 6.07) is 2.11. The van der Waals surface area contributed by atoms with E-state index in [1.165, 1.54) is 10.4 Å². The zero-order valence-electron chi connectivity index (χ0n) is 13.0. The number of nitrogens with zero attached hydrogens (tertiary/aromatic N) is 2. The van der Waals surface area contributed by atoms with Crippen molar-refractivity contribution in [3.05, 3.63) is 21.9 Å². The van der Waals surface area contributed by atoms with E-state index in [2.05, 4.69) is 11.4 Å². The lowest BCUT2D eigenvalue weighted by molar-refractivity contribution is -0.140. The number of carbonyl (C=O) groups is 2. The first-order valence-corrected chi connectivity index (χ1v) is 8.76. The molecule has 0 spiro atoms. The molecule has 1 atom stereocenters. The van der Waals surface area contributed by atoms with Crippen molar-refractivity contribution in [3.63, 3.8) is 0 Å². The van der Waals surface area contributed by atoms with E-state index in [9.17, 15) is 9.59 Å². The summed E-state index contributed by atoms with van der Waals surface area (Å²) in [5.41, 5.74) is 6.17. The van der Waals surface area contributed by atoms with Crippen LogP contribution in [0, 0.1) is 0 Å². The van der Waals surface area contributed by atoms with Crippen molar-refractivity contribution in [2.75, 3.05) is 19.6 Å². The van der Waals surface area contributed by atoms with Gasteiger partial charge in [0.1, 0.15) is 0 Å². The van der Waals surface area contributed by atoms with Crippen molar-refractivity contribution in [1.82, 2.24) is 9.80 Å². The fourth-order valence-corrected chi connectivity index (χ4v) is 4.32. The van der Waals surface area contributed by atoms with E-state index >= 15 is 0 Å². The van der Waals surface area contributed by atoms with Gasteiger partial charge in [0.25, 0.3) is 0 Å². The molecule has 0 aliphatic carbocycles. The van der Waals surface area contributed by atoms with E-state index in [-0.39, 0.29) is 11.8 Å². The maximum Gasteiger partial charge on any atom is 0.237 e. The lowest BCUT2D eigenvalue weighted by Gasteiger charge is -2.43. The summed E-state index contributed by atoms with van der Waals surface area (Å²) in [6.07, 6.45) is 3.69. The van der Waals surface area contributed by atoms with Crippen LogP contribution < -0.4 is 5.73 Å². The number of fused-ring (bicyclic) bond motifs is 1. The van der Waals surface area contributed by atoms with Crippen LogP contribution in [0.1, 0.15) is 36.6 Å². The summed E-state index contributed by atoms with van der Waals surface area (Å²) in [7, 11) is 0. The molecule has 22 heavy (non-hydrogen) atoms. The average Bonchev–Trinajstić information content (AvgIpc) is 2.96. The van der Waals surface area contributed by atoms with E-state index < -0.39 is 5.54 Å². The summed E-state index contributed by atoms with van der Waals surface area (Å²) >= 11 is 1.77. The molecule has 3 heterocycles. The van der Waals surface area contributed by atoms with Crippen molar-refractivity contribution in [2.24, 2.45) is 5.73 Å². The Labute approximate surface area is 135 Å². The zero-order valence-corrected chi connectivity index (χ0v) is 13.8. The highest BCUT2D eigenvalue weighted by Crippen LogP contribution is 2.28. The molecule has 1 fully saturated rings. The minimum atomic E-state index is -0.683. The molecule has 5 nitrogen and oxygen atoms in total. The smallest absolute Gasteiger partial charge is 0.237 e. The maximum atomic E-state index is 12.6. The molecule has 1 aromatic rings. The molecule has 1 unspecified atom stereocenters. The molecule has 2 N–H and O–H groups in total. The third-order valence-electron chi connectivity index (χ3n) is 5.06. The molecular formula is C16H23N3O2S. The molecule has 2 amide bonds. The zero-order chi connectivity index (χ0) is 15.7. The number of amides is 2. The van der Waals surface area contributed by atoms with Crippen LogP contribution in [-0.4, -0.2) is 46.8 Å². The normalized spacial score (nSPS) is 25.8. The molecule has 2 aliphatic rings. The van der Waals surface area contributed by atoms with Crippen LogP contribution in [0.3, 0.4) is 0 Å². The molecule has 0 aromatic carbocycles. The summed E-state index contributed by atoms with van der Waals surface area (Å²) < 4.78 is 0. The summed E-state index contributed by atoms with van der Waals surface area (Å²) in [5.74, 6) is -0.218. The van der Waals surface area contributed by atoms with Crippen LogP contribution in [0.15, 0.2) is 11.4 Å². The standard InChI is InChI=1S/C16H23N3O2S/c1-16(15(17)21)6-2-3-7-19(16)11-14(20)18-8-4-13-12(10-18)5-9-22-13/h5,9H,2-4,6-8,10-11H2,1H3,(H2,17,21). The predicted molar refractivity (Wildman–Crippen MR) is 86.5 cm³/mol. The summed E-state index contributed by atoms with van der Waals surface area (Å²) in [5, 5.41) is 2.09. The first-order valence-electron chi connectivity index (χ1n) is 7.89. The van der Waals surface area contributed by atoms with Crippen molar-refractivity contribution in [3.8, 4) is 0 Å². The van der Waals surface area contributed by atoms with Gasteiger partial charge in [-0.25, -0.2) is 0 Å². The number of piperidine rings is 1. The fourth-order valence-electron chi connectivity index (χ4n) is 3.43. The Morgan fingerprint density at radius 3 is 2.95 bits per heavy atom. The minimum absolute atomic E-state index is 0.103. The van der Waals surface area contributed by atoms with Gasteiger partial charge in [0.2, 0.25) is 11.8 Å². The van der Waals surface area contributed by atoms with E-state index in [4.69, 9.17) is 5.73 Å². The van der Waals surface area contributed by atoms with Gasteiger partial charge in [-0.1, -0.05) is 0 Å². The van der Waals surface area contributed by atoms with Crippen LogP contribution in [0.2, 0.25) is 0 Å². The highest BCUT2D eigenvalue weighted by Gasteiger charge is 2.41. The van der Waals surface area contributed by atoms with Crippen molar-refractivity contribution >= 4 is 23.2 Å². The third-order valence-corrected chi connectivity index (χ3v) is 6.08. The van der Waals surface area contributed by atoms with Crippen LogP contribution in [0.5, 0.6) is 0 Å². The third kappa shape index (κ3) is 2.77. The van der Waals surface area contributed by atoms with Gasteiger partial charge in [0.15, 0.2) is 0 Å². The van der Waals surface area contributed by atoms with Gasteiger partial charge in [0, 0.05) is 18.0 Å². The minimum Gasteiger partial charge on any atom is -0.368 e. The predicted octanol–water partition coefficient (Wildman–Crippen LogP) is 1.36. The Morgan fingerprint density at radius 2 is 2.18 bits per heavy atom. The van der Waals surface area contributed by atoms with Crippen LogP contribution >= 0.6 is 11.3 Å². The number of hydrogen-bond donors (Lipinski definition) is 1. The van der Waals surface area contributed by atoms with Gasteiger partial charge >= 0.3 is 0 Å². The number of likely N-dealkylation sites (tertiary alicyclic amines) is 1. The number of thiophene rings is 1. The molecular weight excluding hydrogens is 298 g/mol. The summed E-state index contributed by atoms with van der Waals surface area (Å²) in [6.45, 7) is 4.39. The van der Waals surface area contributed by atoms with E-state index in [1.54, 1.807) is 11.3 Å². The second kappa shape index (κ2) is 6.01. The summed E-state index contributed by atoms with van der Waals surface area (Å²) in [4.78, 5) is 29.8. The highest BCUT2D eigenvalue weighted by atomic mass is 32.1. The topological polar surface area (TPSA) is 66.6 Å². The van der Waals surface area contributed by atoms with Gasteiger partial charge in [0.05, 0.1) is 12.1 Å². The van der Waals surface area contributed by atoms with Crippen molar-refractivity contribution < 1.29 is 9.59 Å². The Morgan fingerprint density at radius 1 is 1.36 bits per heavy atom. The molecule has 2 aliphatic heterocycles. The lowest BCUT2D eigenvalue weighted by Crippen LogP contribution is -2.60. The van der Waals surface area contributed by atoms with Gasteiger partial charge in [-0.05, 0) is 56.2 Å². The monoisotopic (exact) mass is 321 g/mol. The van der Waals surface area contributed by atoms with Crippen molar-refractivity contribution in [1.29, 1.82) is 0 Å². The SMILES string of the molecule is CC1(C(N)=O)CCCCN1CC(=O)N1CCc2sccc2C1. The number of rotatable bonds is 3. The lowest BCUT2D eigenvalue weighted by atomic mass is 9.87.